The summed E-state index contributed by atoms with van der Waals surface area (Å²) in [5.41, 5.74) is -1.15. The molecule has 12 nitrogen and oxygen atoms in total. The zero-order valence-corrected chi connectivity index (χ0v) is 21.9. The maximum absolute atomic E-state index is 11.5. The van der Waals surface area contributed by atoms with Crippen molar-refractivity contribution in [3.8, 4) is 0 Å². The third-order valence-corrected chi connectivity index (χ3v) is 3.71. The topological polar surface area (TPSA) is 149 Å². The third kappa shape index (κ3) is 19.1. The van der Waals surface area contributed by atoms with Gasteiger partial charge < -0.3 is 33.9 Å². The van der Waals surface area contributed by atoms with Crippen molar-refractivity contribution < 1.29 is 48.0 Å². The number of amides is 2. The van der Waals surface area contributed by atoms with Gasteiger partial charge >= 0.3 is 24.1 Å². The van der Waals surface area contributed by atoms with Crippen molar-refractivity contribution in [1.29, 1.82) is 0 Å². The van der Waals surface area contributed by atoms with E-state index in [2.05, 4.69) is 9.47 Å². The Hall–Kier alpha value is -2.89. The fourth-order valence-electron chi connectivity index (χ4n) is 1.92. The zero-order valence-electron chi connectivity index (χ0n) is 21.9. The van der Waals surface area contributed by atoms with Crippen LogP contribution in [0.2, 0.25) is 0 Å². The van der Waals surface area contributed by atoms with Gasteiger partial charge in [-0.25, -0.2) is 19.2 Å². The summed E-state index contributed by atoms with van der Waals surface area (Å²) in [6.07, 6.45) is -2.21. The van der Waals surface area contributed by atoms with Crippen LogP contribution in [0.15, 0.2) is 0 Å². The van der Waals surface area contributed by atoms with E-state index in [0.717, 1.165) is 7.11 Å². The Kier molecular flexibility index (Phi) is 17.5. The van der Waals surface area contributed by atoms with Crippen molar-refractivity contribution in [3.05, 3.63) is 0 Å². The summed E-state index contributed by atoms with van der Waals surface area (Å²) >= 11 is 0. The first-order chi connectivity index (χ1) is 15.3. The lowest BCUT2D eigenvalue weighted by Crippen LogP contribution is -2.36. The van der Waals surface area contributed by atoms with Gasteiger partial charge in [-0.3, -0.25) is 4.79 Å². The predicted molar refractivity (Wildman–Crippen MR) is 129 cm³/mol. The fraction of sp³-hybridized carbons (Fsp3) is 0.783. The molecule has 0 aliphatic heterocycles. The Balaban J connectivity index is -0.000000569. The minimum atomic E-state index is -1.22. The molecular weight excluding hydrogens is 464 g/mol. The normalized spacial score (nSPS) is 11.4. The monoisotopic (exact) mass is 508 g/mol. The fourth-order valence-corrected chi connectivity index (χ4v) is 1.92. The lowest BCUT2D eigenvalue weighted by molar-refractivity contribution is -0.151. The van der Waals surface area contributed by atoms with E-state index in [4.69, 9.17) is 9.47 Å². The average Bonchev–Trinajstić information content (AvgIpc) is 2.71. The van der Waals surface area contributed by atoms with E-state index in [1.54, 1.807) is 41.5 Å². The van der Waals surface area contributed by atoms with Crippen molar-refractivity contribution in [2.75, 3.05) is 41.4 Å². The van der Waals surface area contributed by atoms with Crippen LogP contribution < -0.4 is 0 Å². The van der Waals surface area contributed by atoms with Crippen molar-refractivity contribution >= 4 is 29.9 Å². The smallest absolute Gasteiger partial charge is 0.410 e. The molecule has 0 heterocycles. The van der Waals surface area contributed by atoms with E-state index in [0.29, 0.717) is 0 Å². The molecule has 0 saturated heterocycles. The number of carbonyl (C=O) groups excluding carboxylic acids is 5. The minimum Gasteiger partial charge on any atom is -0.467 e. The Morgan fingerprint density at radius 2 is 1.17 bits per heavy atom. The van der Waals surface area contributed by atoms with Gasteiger partial charge in [0.25, 0.3) is 0 Å². The molecule has 35 heavy (non-hydrogen) atoms. The molecule has 0 spiro atoms. The molecule has 1 atom stereocenters. The summed E-state index contributed by atoms with van der Waals surface area (Å²) in [6, 6.07) is 0. The number of methoxy groups -OCH3 is 2. The van der Waals surface area contributed by atoms with Crippen LogP contribution in [-0.2, 0) is 33.3 Å². The number of hydrogen-bond donors (Lipinski definition) is 1. The van der Waals surface area contributed by atoms with Crippen molar-refractivity contribution in [1.82, 2.24) is 9.80 Å². The highest BCUT2D eigenvalue weighted by Gasteiger charge is 2.23. The number of rotatable bonds is 8. The van der Waals surface area contributed by atoms with Crippen molar-refractivity contribution in [2.24, 2.45) is 0 Å². The van der Waals surface area contributed by atoms with E-state index in [-0.39, 0.29) is 33.4 Å². The summed E-state index contributed by atoms with van der Waals surface area (Å²) in [4.78, 5) is 58.4. The lowest BCUT2D eigenvalue weighted by atomic mass is 10.2. The second kappa shape index (κ2) is 16.7. The number of Topliss-reactive ketones (excluding diaryl/α,β-unsaturated/α-hetero) is 1. The molecule has 0 aromatic carbocycles. The number of hydrogen-bond acceptors (Lipinski definition) is 10. The molecule has 1 unspecified atom stereocenters. The first kappa shape index (κ1) is 36.7. The van der Waals surface area contributed by atoms with Crippen molar-refractivity contribution in [3.63, 3.8) is 0 Å². The Morgan fingerprint density at radius 1 is 0.771 bits per heavy atom. The average molecular weight is 509 g/mol. The van der Waals surface area contributed by atoms with E-state index >= 15 is 0 Å². The van der Waals surface area contributed by atoms with Crippen molar-refractivity contribution in [2.45, 2.75) is 79.1 Å². The van der Waals surface area contributed by atoms with Gasteiger partial charge in [-0.15, -0.1) is 0 Å². The molecule has 206 valence electrons. The van der Waals surface area contributed by atoms with Gasteiger partial charge in [0.15, 0.2) is 6.10 Å². The number of ketones is 1. The molecule has 2 amide bonds. The van der Waals surface area contributed by atoms with E-state index in [9.17, 15) is 29.1 Å². The molecule has 12 heteroatoms. The first-order valence-electron chi connectivity index (χ1n) is 10.6. The molecule has 0 radical (unpaired) electrons. The summed E-state index contributed by atoms with van der Waals surface area (Å²) in [6.45, 7) is 10.9. The molecule has 0 bridgehead atoms. The van der Waals surface area contributed by atoms with Gasteiger partial charge in [0, 0.05) is 40.0 Å². The molecule has 0 aliphatic rings. The number of nitrogens with zero attached hydrogens (tertiary/aromatic N) is 2. The highest BCUT2D eigenvalue weighted by Crippen LogP contribution is 2.10. The Labute approximate surface area is 208 Å². The van der Waals surface area contributed by atoms with Gasteiger partial charge in [0.05, 0.1) is 14.2 Å². The highest BCUT2D eigenvalue weighted by atomic mass is 16.6. The van der Waals surface area contributed by atoms with Gasteiger partial charge in [0.1, 0.15) is 11.2 Å². The summed E-state index contributed by atoms with van der Waals surface area (Å²) in [5.74, 6) is -2.27. The van der Waals surface area contributed by atoms with Crippen LogP contribution >= 0.6 is 0 Å². The Bertz CT molecular complexity index is 695. The standard InChI is InChI=1S/C11H21NO5.C11H19NO5.CH4/c2*1-11(2,3)17-10(15)12(4)7-6-8(13)9(14)16-5;/h8,13H,6-7H2,1-5H3;6-7H2,1-5H3;1H4. The van der Waals surface area contributed by atoms with Gasteiger partial charge in [-0.1, -0.05) is 7.43 Å². The van der Waals surface area contributed by atoms with E-state index in [1.165, 1.54) is 31.0 Å². The largest absolute Gasteiger partial charge is 0.467 e. The molecule has 0 fully saturated rings. The summed E-state index contributed by atoms with van der Waals surface area (Å²) < 4.78 is 18.8. The SMILES string of the molecule is C.COC(=O)C(=O)CCN(C)C(=O)OC(C)(C)C.COC(=O)C(O)CCN(C)C(=O)OC(C)(C)C. The number of esters is 2. The molecule has 0 aromatic rings. The molecule has 0 aromatic heterocycles. The summed E-state index contributed by atoms with van der Waals surface area (Å²) in [7, 11) is 5.37. The third-order valence-electron chi connectivity index (χ3n) is 3.71. The van der Waals surface area contributed by atoms with Crippen LogP contribution in [0.1, 0.15) is 61.8 Å². The number of aliphatic hydroxyl groups is 1. The highest BCUT2D eigenvalue weighted by molar-refractivity contribution is 6.33. The van der Waals surface area contributed by atoms with Crippen LogP contribution in [0.25, 0.3) is 0 Å². The molecule has 0 saturated carbocycles. The molecular formula is C23H44N2O10. The lowest BCUT2D eigenvalue weighted by Gasteiger charge is -2.24. The Morgan fingerprint density at radius 3 is 1.51 bits per heavy atom. The molecule has 0 rings (SSSR count). The molecule has 1 N–H and O–H groups in total. The second-order valence-corrected chi connectivity index (χ2v) is 9.30. The predicted octanol–water partition coefficient (Wildman–Crippen LogP) is 2.40. The molecule has 0 aliphatic carbocycles. The maximum atomic E-state index is 11.5. The maximum Gasteiger partial charge on any atom is 0.410 e. The summed E-state index contributed by atoms with van der Waals surface area (Å²) in [5, 5.41) is 9.33. The van der Waals surface area contributed by atoms with Crippen LogP contribution in [0.5, 0.6) is 0 Å². The van der Waals surface area contributed by atoms with Gasteiger partial charge in [-0.2, -0.15) is 0 Å². The first-order valence-corrected chi connectivity index (χ1v) is 10.6. The van der Waals surface area contributed by atoms with Gasteiger partial charge in [0.2, 0.25) is 5.78 Å². The number of aliphatic hydroxyl groups excluding tert-OH is 1. The van der Waals surface area contributed by atoms with Crippen LogP contribution in [0.4, 0.5) is 9.59 Å². The zero-order chi connectivity index (χ0) is 27.3. The minimum absolute atomic E-state index is 0. The van der Waals surface area contributed by atoms with Crippen LogP contribution in [0, 0.1) is 0 Å². The second-order valence-electron chi connectivity index (χ2n) is 9.30. The van der Waals surface area contributed by atoms with E-state index < -0.39 is 47.2 Å². The van der Waals surface area contributed by atoms with Gasteiger partial charge in [-0.05, 0) is 41.5 Å². The number of carbonyl (C=O) groups is 5. The van der Waals surface area contributed by atoms with E-state index in [1.807, 2.05) is 0 Å². The van der Waals surface area contributed by atoms with Crippen LogP contribution in [-0.4, -0.2) is 104 Å². The van der Waals surface area contributed by atoms with Crippen LogP contribution in [0.3, 0.4) is 0 Å². The quantitative estimate of drug-likeness (QED) is 0.294. The number of ether oxygens (including phenoxy) is 4.